The second-order valence-corrected chi connectivity index (χ2v) is 6.92. The van der Waals surface area contributed by atoms with Gasteiger partial charge in [0.05, 0.1) is 12.1 Å². The molecule has 3 rings (SSSR count). The second-order valence-electron chi connectivity index (χ2n) is 5.81. The van der Waals surface area contributed by atoms with Crippen LogP contribution in [0.4, 0.5) is 9.18 Å². The average Bonchev–Trinajstić information content (AvgIpc) is 3.01. The van der Waals surface area contributed by atoms with Crippen molar-refractivity contribution in [2.24, 2.45) is 0 Å². The highest BCUT2D eigenvalue weighted by atomic mass is 32.2. The number of thioether (sulfide) groups is 1. The van der Waals surface area contributed by atoms with E-state index < -0.39 is 0 Å². The lowest BCUT2D eigenvalue weighted by Crippen LogP contribution is -2.43. The number of fused-ring (bicyclic) bond motifs is 1. The summed E-state index contributed by atoms with van der Waals surface area (Å²) < 4.78 is 19.4. The van der Waals surface area contributed by atoms with E-state index in [4.69, 9.17) is 4.74 Å². The molecule has 2 aliphatic rings. The number of hydrogen-bond acceptors (Lipinski definition) is 3. The minimum absolute atomic E-state index is 0.119. The van der Waals surface area contributed by atoms with Gasteiger partial charge < -0.3 is 15.0 Å². The fourth-order valence-electron chi connectivity index (χ4n) is 2.97. The van der Waals surface area contributed by atoms with Gasteiger partial charge in [-0.15, -0.1) is 11.8 Å². The van der Waals surface area contributed by atoms with Gasteiger partial charge in [0.2, 0.25) is 0 Å². The van der Waals surface area contributed by atoms with Crippen molar-refractivity contribution in [1.82, 2.24) is 10.2 Å². The van der Waals surface area contributed by atoms with E-state index in [9.17, 15) is 9.18 Å². The topological polar surface area (TPSA) is 41.6 Å². The summed E-state index contributed by atoms with van der Waals surface area (Å²) in [5.41, 5.74) is 0.884. The number of ether oxygens (including phenoxy) is 1. The molecule has 1 N–H and O–H groups in total. The van der Waals surface area contributed by atoms with Crippen LogP contribution in [0.3, 0.4) is 0 Å². The van der Waals surface area contributed by atoms with Crippen LogP contribution in [0.2, 0.25) is 0 Å². The van der Waals surface area contributed by atoms with E-state index in [2.05, 4.69) is 5.32 Å². The molecule has 2 heterocycles. The number of benzene rings is 1. The largest absolute Gasteiger partial charge is 0.376 e. The lowest BCUT2D eigenvalue weighted by atomic mass is 10.0. The molecule has 1 fully saturated rings. The molecule has 0 aromatic heterocycles. The van der Waals surface area contributed by atoms with Crippen molar-refractivity contribution >= 4 is 17.8 Å². The Morgan fingerprint density at radius 3 is 3.14 bits per heavy atom. The van der Waals surface area contributed by atoms with Crippen molar-refractivity contribution in [3.8, 4) is 0 Å². The van der Waals surface area contributed by atoms with Crippen LogP contribution in [0.25, 0.3) is 0 Å². The third kappa shape index (κ3) is 3.38. The van der Waals surface area contributed by atoms with E-state index in [1.807, 2.05) is 6.07 Å². The molecule has 6 heteroatoms. The zero-order chi connectivity index (χ0) is 15.5. The zero-order valence-corrected chi connectivity index (χ0v) is 13.5. The van der Waals surface area contributed by atoms with Crippen molar-refractivity contribution in [2.75, 3.05) is 26.0 Å². The molecule has 0 aliphatic carbocycles. The highest BCUT2D eigenvalue weighted by Crippen LogP contribution is 2.37. The molecular formula is C16H21FN2O2S. The third-order valence-electron chi connectivity index (χ3n) is 4.17. The predicted molar refractivity (Wildman–Crippen MR) is 84.6 cm³/mol. The molecule has 0 unspecified atom stereocenters. The molecule has 4 nitrogen and oxygen atoms in total. The van der Waals surface area contributed by atoms with Gasteiger partial charge in [-0.1, -0.05) is 12.1 Å². The van der Waals surface area contributed by atoms with Crippen LogP contribution in [-0.2, 0) is 4.74 Å². The Kier molecular flexibility index (Phi) is 4.88. The standard InChI is InChI=1S/C16H21FN2O2S/c1-19(10-11-4-3-8-21-11)16(20)18-14-7-9-22-15-12(14)5-2-6-13(15)17/h2,5-6,11,14H,3-4,7-10H2,1H3,(H,18,20)/t11-,14-/m0/s1. The molecule has 22 heavy (non-hydrogen) atoms. The van der Waals surface area contributed by atoms with Crippen LogP contribution < -0.4 is 5.32 Å². The van der Waals surface area contributed by atoms with Crippen LogP contribution in [0, 0.1) is 5.82 Å². The summed E-state index contributed by atoms with van der Waals surface area (Å²) in [6, 6.07) is 4.83. The number of urea groups is 1. The van der Waals surface area contributed by atoms with E-state index in [0.29, 0.717) is 11.4 Å². The van der Waals surface area contributed by atoms with Gasteiger partial charge in [0, 0.05) is 30.8 Å². The molecule has 2 amide bonds. The first-order valence-corrected chi connectivity index (χ1v) is 8.68. The van der Waals surface area contributed by atoms with Crippen molar-refractivity contribution in [2.45, 2.75) is 36.3 Å². The van der Waals surface area contributed by atoms with Gasteiger partial charge >= 0.3 is 6.03 Å². The molecule has 2 aliphatic heterocycles. The maximum absolute atomic E-state index is 13.9. The molecule has 0 radical (unpaired) electrons. The van der Waals surface area contributed by atoms with Gasteiger partial charge in [-0.2, -0.15) is 0 Å². The van der Waals surface area contributed by atoms with Gasteiger partial charge in [-0.05, 0) is 30.9 Å². The molecule has 1 aromatic rings. The van der Waals surface area contributed by atoms with Crippen LogP contribution >= 0.6 is 11.8 Å². The maximum atomic E-state index is 13.9. The van der Waals surface area contributed by atoms with Crippen molar-refractivity contribution in [3.63, 3.8) is 0 Å². The molecule has 1 aromatic carbocycles. The van der Waals surface area contributed by atoms with Crippen molar-refractivity contribution in [1.29, 1.82) is 0 Å². The Labute approximate surface area is 134 Å². The van der Waals surface area contributed by atoms with Gasteiger partial charge in [-0.25, -0.2) is 9.18 Å². The number of halogens is 1. The molecule has 0 saturated carbocycles. The SMILES string of the molecule is CN(C[C@@H]1CCCO1)C(=O)N[C@H]1CCSc2c(F)cccc21. The number of likely N-dealkylation sites (N-methyl/N-ethyl adjacent to an activating group) is 1. The van der Waals surface area contributed by atoms with Crippen LogP contribution in [-0.4, -0.2) is 43.0 Å². The van der Waals surface area contributed by atoms with Crippen LogP contribution in [0.1, 0.15) is 30.9 Å². The smallest absolute Gasteiger partial charge is 0.317 e. The van der Waals surface area contributed by atoms with Crippen LogP contribution in [0.5, 0.6) is 0 Å². The monoisotopic (exact) mass is 324 g/mol. The Morgan fingerprint density at radius 1 is 1.50 bits per heavy atom. The Balaban J connectivity index is 1.63. The highest BCUT2D eigenvalue weighted by molar-refractivity contribution is 7.99. The van der Waals surface area contributed by atoms with E-state index in [-0.39, 0.29) is 24.0 Å². The summed E-state index contributed by atoms with van der Waals surface area (Å²) in [4.78, 5) is 14.7. The van der Waals surface area contributed by atoms with E-state index in [1.165, 1.54) is 17.8 Å². The fourth-order valence-corrected chi connectivity index (χ4v) is 4.11. The minimum Gasteiger partial charge on any atom is -0.376 e. The number of nitrogens with one attached hydrogen (secondary N) is 1. The second kappa shape index (κ2) is 6.87. The lowest BCUT2D eigenvalue weighted by Gasteiger charge is -2.29. The Bertz CT molecular complexity index is 549. The van der Waals surface area contributed by atoms with Crippen LogP contribution in [0.15, 0.2) is 23.1 Å². The quantitative estimate of drug-likeness (QED) is 0.928. The van der Waals surface area contributed by atoms with Gasteiger partial charge in [0.25, 0.3) is 0 Å². The number of rotatable bonds is 3. The number of nitrogens with zero attached hydrogens (tertiary/aromatic N) is 1. The zero-order valence-electron chi connectivity index (χ0n) is 12.7. The third-order valence-corrected chi connectivity index (χ3v) is 5.33. The summed E-state index contributed by atoms with van der Waals surface area (Å²) in [7, 11) is 1.78. The molecule has 0 spiro atoms. The number of hydrogen-bond donors (Lipinski definition) is 1. The molecule has 120 valence electrons. The number of amides is 2. The minimum atomic E-state index is -0.200. The highest BCUT2D eigenvalue weighted by Gasteiger charge is 2.26. The summed E-state index contributed by atoms with van der Waals surface area (Å²) in [5, 5.41) is 3.03. The number of carbonyl (C=O) groups is 1. The molecule has 1 saturated heterocycles. The van der Waals surface area contributed by atoms with Crippen molar-refractivity contribution < 1.29 is 13.9 Å². The van der Waals surface area contributed by atoms with E-state index in [1.54, 1.807) is 18.0 Å². The van der Waals surface area contributed by atoms with Gasteiger partial charge in [0.15, 0.2) is 0 Å². The number of carbonyl (C=O) groups excluding carboxylic acids is 1. The van der Waals surface area contributed by atoms with Crippen molar-refractivity contribution in [3.05, 3.63) is 29.6 Å². The Morgan fingerprint density at radius 2 is 2.36 bits per heavy atom. The molecule has 2 atom stereocenters. The first-order chi connectivity index (χ1) is 10.6. The summed E-state index contributed by atoms with van der Waals surface area (Å²) in [6.45, 7) is 1.38. The predicted octanol–water partition coefficient (Wildman–Crippen LogP) is 3.18. The molecule has 0 bridgehead atoms. The normalized spacial score (nSPS) is 23.9. The van der Waals surface area contributed by atoms with Gasteiger partial charge in [0.1, 0.15) is 5.82 Å². The first kappa shape index (κ1) is 15.6. The average molecular weight is 324 g/mol. The fraction of sp³-hybridized carbons (Fsp3) is 0.562. The molecular weight excluding hydrogens is 303 g/mol. The van der Waals surface area contributed by atoms with E-state index in [0.717, 1.165) is 37.2 Å². The Hall–Kier alpha value is -1.27. The summed E-state index contributed by atoms with van der Waals surface area (Å²) >= 11 is 1.52. The first-order valence-electron chi connectivity index (χ1n) is 7.69. The maximum Gasteiger partial charge on any atom is 0.317 e. The van der Waals surface area contributed by atoms with Gasteiger partial charge in [-0.3, -0.25) is 0 Å². The summed E-state index contributed by atoms with van der Waals surface area (Å²) in [5.74, 6) is 0.614. The van der Waals surface area contributed by atoms with E-state index >= 15 is 0 Å². The summed E-state index contributed by atoms with van der Waals surface area (Å²) in [6.07, 6.45) is 3.03. The lowest BCUT2D eigenvalue weighted by molar-refractivity contribution is 0.0869.